The molecule has 0 atom stereocenters. The zero-order valence-corrected chi connectivity index (χ0v) is 9.60. The Morgan fingerprint density at radius 2 is 2.18 bits per heavy atom. The maximum atomic E-state index is 10.5. The topological polar surface area (TPSA) is 85.0 Å². The van der Waals surface area contributed by atoms with E-state index < -0.39 is 6.03 Å². The van der Waals surface area contributed by atoms with Gasteiger partial charge in [0, 0.05) is 20.1 Å². The van der Waals surface area contributed by atoms with Gasteiger partial charge in [-0.05, 0) is 12.1 Å². The molecule has 0 saturated carbocycles. The molecule has 1 heterocycles. The lowest BCUT2D eigenvalue weighted by atomic mass is 10.3. The van der Waals surface area contributed by atoms with Crippen LogP contribution in [0.25, 0.3) is 11.0 Å². The minimum atomic E-state index is -0.517. The average Bonchev–Trinajstić information content (AvgIpc) is 2.63. The minimum absolute atomic E-state index is 0.471. The first-order chi connectivity index (χ1) is 8.18. The lowest BCUT2D eigenvalue weighted by Gasteiger charge is -2.06. The van der Waals surface area contributed by atoms with Gasteiger partial charge in [-0.15, -0.1) is 0 Å². The van der Waals surface area contributed by atoms with Crippen molar-refractivity contribution < 1.29 is 4.79 Å². The zero-order valence-electron chi connectivity index (χ0n) is 9.60. The van der Waals surface area contributed by atoms with Gasteiger partial charge in [-0.25, -0.2) is 9.78 Å². The fraction of sp³-hybridized carbons (Fsp3) is 0.273. The molecule has 0 bridgehead atoms. The number of para-hydroxylation sites is 2. The van der Waals surface area contributed by atoms with Crippen LogP contribution in [0.3, 0.4) is 0 Å². The molecule has 0 radical (unpaired) electrons. The van der Waals surface area contributed by atoms with E-state index in [2.05, 4.69) is 15.6 Å². The third-order valence-corrected chi connectivity index (χ3v) is 2.49. The number of primary amides is 1. The first-order valence-corrected chi connectivity index (χ1v) is 5.37. The van der Waals surface area contributed by atoms with Crippen LogP contribution in [0, 0.1) is 0 Å². The smallest absolute Gasteiger partial charge is 0.312 e. The first kappa shape index (κ1) is 11.3. The Kier molecular flexibility index (Phi) is 3.13. The van der Waals surface area contributed by atoms with Crippen molar-refractivity contribution in [1.82, 2.24) is 14.9 Å². The van der Waals surface area contributed by atoms with E-state index in [0.29, 0.717) is 13.1 Å². The second kappa shape index (κ2) is 4.73. The quantitative estimate of drug-likeness (QED) is 0.678. The summed E-state index contributed by atoms with van der Waals surface area (Å²) in [6.07, 6.45) is 0. The van der Waals surface area contributed by atoms with Crippen LogP contribution in [-0.4, -0.2) is 28.7 Å². The molecular weight excluding hydrogens is 218 g/mol. The van der Waals surface area contributed by atoms with E-state index in [1.54, 1.807) is 0 Å². The van der Waals surface area contributed by atoms with Crippen LogP contribution < -0.4 is 16.4 Å². The number of carbonyl (C=O) groups is 1. The lowest BCUT2D eigenvalue weighted by molar-refractivity contribution is 0.249. The van der Waals surface area contributed by atoms with Crippen molar-refractivity contribution in [1.29, 1.82) is 0 Å². The minimum Gasteiger partial charge on any atom is -0.354 e. The average molecular weight is 233 g/mol. The maximum Gasteiger partial charge on any atom is 0.312 e. The molecule has 6 heteroatoms. The van der Waals surface area contributed by atoms with Gasteiger partial charge in [0.05, 0.1) is 11.0 Å². The second-order valence-electron chi connectivity index (χ2n) is 3.70. The molecule has 17 heavy (non-hydrogen) atoms. The van der Waals surface area contributed by atoms with E-state index in [9.17, 15) is 4.79 Å². The summed E-state index contributed by atoms with van der Waals surface area (Å²) in [6, 6.07) is 7.38. The van der Waals surface area contributed by atoms with Gasteiger partial charge in [0.1, 0.15) is 0 Å². The molecule has 0 fully saturated rings. The van der Waals surface area contributed by atoms with Gasteiger partial charge in [0.25, 0.3) is 0 Å². The van der Waals surface area contributed by atoms with Gasteiger partial charge in [-0.1, -0.05) is 12.1 Å². The van der Waals surface area contributed by atoms with Crippen LogP contribution in [0.5, 0.6) is 0 Å². The van der Waals surface area contributed by atoms with Crippen molar-refractivity contribution in [2.75, 3.05) is 18.4 Å². The van der Waals surface area contributed by atoms with Crippen LogP contribution in [0.1, 0.15) is 0 Å². The molecule has 1 aromatic heterocycles. The van der Waals surface area contributed by atoms with E-state index in [1.807, 2.05) is 35.9 Å². The lowest BCUT2D eigenvalue weighted by Crippen LogP contribution is -2.33. The summed E-state index contributed by atoms with van der Waals surface area (Å²) in [7, 11) is 1.94. The number of nitrogens with zero attached hydrogens (tertiary/aromatic N) is 2. The number of nitrogens with one attached hydrogen (secondary N) is 2. The normalized spacial score (nSPS) is 10.4. The third-order valence-electron chi connectivity index (χ3n) is 2.49. The third kappa shape index (κ3) is 2.47. The highest BCUT2D eigenvalue weighted by atomic mass is 16.2. The molecule has 0 spiro atoms. The van der Waals surface area contributed by atoms with Crippen LogP contribution in [0.2, 0.25) is 0 Å². The molecule has 2 amide bonds. The number of aromatic nitrogens is 2. The van der Waals surface area contributed by atoms with Gasteiger partial charge < -0.3 is 20.9 Å². The summed E-state index contributed by atoms with van der Waals surface area (Å²) < 4.78 is 1.97. The molecule has 0 unspecified atom stereocenters. The highest BCUT2D eigenvalue weighted by Crippen LogP contribution is 2.16. The van der Waals surface area contributed by atoms with E-state index in [4.69, 9.17) is 5.73 Å². The fourth-order valence-corrected chi connectivity index (χ4v) is 1.66. The Morgan fingerprint density at radius 3 is 2.88 bits per heavy atom. The summed E-state index contributed by atoms with van der Waals surface area (Å²) in [5.74, 6) is 0.775. The number of amides is 2. The standard InChI is InChI=1S/C11H15N5O/c1-16-9-5-3-2-4-8(9)15-11(16)14-7-6-13-10(12)17/h2-5H,6-7H2,1H3,(H,14,15)(H3,12,13,17). The number of hydrogen-bond acceptors (Lipinski definition) is 3. The number of hydrogen-bond donors (Lipinski definition) is 3. The van der Waals surface area contributed by atoms with Crippen molar-refractivity contribution in [2.45, 2.75) is 0 Å². The number of carbonyl (C=O) groups excluding carboxylic acids is 1. The molecule has 2 rings (SSSR count). The molecule has 6 nitrogen and oxygen atoms in total. The Hall–Kier alpha value is -2.24. The number of aryl methyl sites for hydroxylation is 1. The molecule has 4 N–H and O–H groups in total. The summed E-state index contributed by atoms with van der Waals surface area (Å²) in [4.78, 5) is 14.9. The summed E-state index contributed by atoms with van der Waals surface area (Å²) in [5, 5.41) is 5.65. The van der Waals surface area contributed by atoms with Crippen molar-refractivity contribution in [3.8, 4) is 0 Å². The van der Waals surface area contributed by atoms with Gasteiger partial charge >= 0.3 is 6.03 Å². The van der Waals surface area contributed by atoms with E-state index in [0.717, 1.165) is 17.0 Å². The van der Waals surface area contributed by atoms with Crippen molar-refractivity contribution in [2.24, 2.45) is 12.8 Å². The van der Waals surface area contributed by atoms with Gasteiger partial charge in [0.15, 0.2) is 0 Å². The maximum absolute atomic E-state index is 10.5. The molecule has 0 aliphatic heterocycles. The predicted molar refractivity (Wildman–Crippen MR) is 66.8 cm³/mol. The number of rotatable bonds is 4. The fourth-order valence-electron chi connectivity index (χ4n) is 1.66. The van der Waals surface area contributed by atoms with Crippen LogP contribution in [-0.2, 0) is 7.05 Å². The Balaban J connectivity index is 2.04. The number of anilines is 1. The van der Waals surface area contributed by atoms with Crippen LogP contribution in [0.4, 0.5) is 10.7 Å². The number of benzene rings is 1. The monoisotopic (exact) mass is 233 g/mol. The number of urea groups is 1. The van der Waals surface area contributed by atoms with Gasteiger partial charge in [0.2, 0.25) is 5.95 Å². The Labute approximate surface area is 98.8 Å². The van der Waals surface area contributed by atoms with Crippen LogP contribution in [0.15, 0.2) is 24.3 Å². The Bertz CT molecular complexity index is 534. The largest absolute Gasteiger partial charge is 0.354 e. The van der Waals surface area contributed by atoms with Crippen LogP contribution >= 0.6 is 0 Å². The van der Waals surface area contributed by atoms with E-state index in [1.165, 1.54) is 0 Å². The number of imidazole rings is 1. The molecule has 0 aliphatic rings. The van der Waals surface area contributed by atoms with Gasteiger partial charge in [-0.2, -0.15) is 0 Å². The molecule has 0 aliphatic carbocycles. The Morgan fingerprint density at radius 1 is 1.41 bits per heavy atom. The molecule has 1 aromatic carbocycles. The summed E-state index contributed by atoms with van der Waals surface area (Å²) in [6.45, 7) is 1.05. The summed E-state index contributed by atoms with van der Waals surface area (Å²) in [5.41, 5.74) is 6.98. The van der Waals surface area contributed by atoms with E-state index >= 15 is 0 Å². The van der Waals surface area contributed by atoms with Crippen molar-refractivity contribution >= 4 is 23.0 Å². The summed E-state index contributed by atoms with van der Waals surface area (Å²) >= 11 is 0. The molecule has 90 valence electrons. The predicted octanol–water partition coefficient (Wildman–Crippen LogP) is 0.654. The highest BCUT2D eigenvalue weighted by Gasteiger charge is 2.05. The molecule has 2 aromatic rings. The van der Waals surface area contributed by atoms with Crippen molar-refractivity contribution in [3.05, 3.63) is 24.3 Å². The molecular formula is C11H15N5O. The zero-order chi connectivity index (χ0) is 12.3. The molecule has 0 saturated heterocycles. The second-order valence-corrected chi connectivity index (χ2v) is 3.70. The SMILES string of the molecule is Cn1c(NCCNC(N)=O)nc2ccccc21. The van der Waals surface area contributed by atoms with Gasteiger partial charge in [-0.3, -0.25) is 0 Å². The number of fused-ring (bicyclic) bond motifs is 1. The number of nitrogens with two attached hydrogens (primary N) is 1. The van der Waals surface area contributed by atoms with E-state index in [-0.39, 0.29) is 0 Å². The first-order valence-electron chi connectivity index (χ1n) is 5.37. The highest BCUT2D eigenvalue weighted by molar-refractivity contribution is 5.78. The van der Waals surface area contributed by atoms with Crippen molar-refractivity contribution in [3.63, 3.8) is 0 Å².